The van der Waals surface area contributed by atoms with Gasteiger partial charge < -0.3 is 11.5 Å². The molecule has 2 rings (SSSR count). The number of rotatable bonds is 1. The maximum atomic E-state index is 5.71. The van der Waals surface area contributed by atoms with Gasteiger partial charge in [-0.25, -0.2) is 9.97 Å². The molecule has 0 fully saturated rings. The lowest BCUT2D eigenvalue weighted by atomic mass is 10.2. The smallest absolute Gasteiger partial charge is 0.220 e. The molecule has 0 atom stereocenters. The molecule has 14 heavy (non-hydrogen) atoms. The Balaban J connectivity index is 2.57. The summed E-state index contributed by atoms with van der Waals surface area (Å²) in [5, 5.41) is 0. The van der Waals surface area contributed by atoms with Gasteiger partial charge >= 0.3 is 0 Å². The maximum absolute atomic E-state index is 5.71. The van der Waals surface area contributed by atoms with E-state index in [1.165, 1.54) is 6.20 Å². The van der Waals surface area contributed by atoms with E-state index in [2.05, 4.69) is 15.0 Å². The summed E-state index contributed by atoms with van der Waals surface area (Å²) < 4.78 is 0. The van der Waals surface area contributed by atoms with Crippen molar-refractivity contribution >= 4 is 11.6 Å². The monoisotopic (exact) mass is 187 g/mol. The molecule has 0 spiro atoms. The Bertz CT molecular complexity index is 440. The van der Waals surface area contributed by atoms with Crippen LogP contribution in [0.15, 0.2) is 30.7 Å². The number of nitrogens with two attached hydrogens (primary N) is 2. The third-order valence-electron chi connectivity index (χ3n) is 1.77. The molecule has 2 aromatic heterocycles. The first kappa shape index (κ1) is 8.43. The highest BCUT2D eigenvalue weighted by Crippen LogP contribution is 2.21. The van der Waals surface area contributed by atoms with Gasteiger partial charge in [0.25, 0.3) is 0 Å². The summed E-state index contributed by atoms with van der Waals surface area (Å²) in [4.78, 5) is 11.8. The minimum atomic E-state index is 0.207. The number of pyridine rings is 1. The first-order chi connectivity index (χ1) is 6.77. The molecule has 0 amide bonds. The highest BCUT2D eigenvalue weighted by Gasteiger charge is 2.04. The van der Waals surface area contributed by atoms with Crippen molar-refractivity contribution in [3.8, 4) is 11.3 Å². The lowest BCUT2D eigenvalue weighted by Gasteiger charge is -2.03. The fourth-order valence-electron chi connectivity index (χ4n) is 1.14. The Labute approximate surface area is 80.8 Å². The van der Waals surface area contributed by atoms with Crippen molar-refractivity contribution in [3.05, 3.63) is 30.7 Å². The molecule has 0 aliphatic heterocycles. The van der Waals surface area contributed by atoms with Gasteiger partial charge in [0, 0.05) is 18.0 Å². The standard InChI is InChI=1S/C9H9N5/c10-7-5-13-9(11)14-8(7)6-2-1-3-12-4-6/h1-5H,10H2,(H2,11,13,14). The largest absolute Gasteiger partial charge is 0.396 e. The quantitative estimate of drug-likeness (QED) is 0.685. The zero-order valence-corrected chi connectivity index (χ0v) is 7.38. The third kappa shape index (κ3) is 1.47. The Morgan fingerprint density at radius 2 is 2.00 bits per heavy atom. The van der Waals surface area contributed by atoms with Gasteiger partial charge in [-0.3, -0.25) is 4.98 Å². The SMILES string of the molecule is Nc1ncc(N)c(-c2cccnc2)n1. The highest BCUT2D eigenvalue weighted by atomic mass is 15.0. The van der Waals surface area contributed by atoms with Gasteiger partial charge in [-0.05, 0) is 12.1 Å². The van der Waals surface area contributed by atoms with Crippen LogP contribution >= 0.6 is 0 Å². The van der Waals surface area contributed by atoms with Crippen LogP contribution in [-0.2, 0) is 0 Å². The first-order valence-corrected chi connectivity index (χ1v) is 4.06. The molecule has 0 aromatic carbocycles. The Kier molecular flexibility index (Phi) is 1.98. The van der Waals surface area contributed by atoms with Crippen LogP contribution in [0.4, 0.5) is 11.6 Å². The lowest BCUT2D eigenvalue weighted by Crippen LogP contribution is -2.00. The van der Waals surface area contributed by atoms with Gasteiger partial charge in [-0.15, -0.1) is 0 Å². The van der Waals surface area contributed by atoms with Gasteiger partial charge in [-0.2, -0.15) is 0 Å². The summed E-state index contributed by atoms with van der Waals surface area (Å²) in [7, 11) is 0. The number of anilines is 2. The molecule has 5 nitrogen and oxygen atoms in total. The molecule has 0 aliphatic carbocycles. The van der Waals surface area contributed by atoms with Crippen LogP contribution in [0.25, 0.3) is 11.3 Å². The Morgan fingerprint density at radius 3 is 2.71 bits per heavy atom. The van der Waals surface area contributed by atoms with E-state index in [0.717, 1.165) is 5.56 Å². The number of hydrogen-bond acceptors (Lipinski definition) is 5. The van der Waals surface area contributed by atoms with Crippen LogP contribution in [0.3, 0.4) is 0 Å². The van der Waals surface area contributed by atoms with E-state index >= 15 is 0 Å². The van der Waals surface area contributed by atoms with Gasteiger partial charge in [0.1, 0.15) is 5.69 Å². The molecular formula is C9H9N5. The molecule has 0 bridgehead atoms. The summed E-state index contributed by atoms with van der Waals surface area (Å²) in [5.74, 6) is 0.207. The molecular weight excluding hydrogens is 178 g/mol. The normalized spacial score (nSPS) is 10.0. The van der Waals surface area contributed by atoms with Crippen molar-refractivity contribution in [2.24, 2.45) is 0 Å². The van der Waals surface area contributed by atoms with Gasteiger partial charge in [0.2, 0.25) is 5.95 Å². The molecule has 0 saturated carbocycles. The van der Waals surface area contributed by atoms with E-state index in [-0.39, 0.29) is 5.95 Å². The van der Waals surface area contributed by atoms with Gasteiger partial charge in [0.15, 0.2) is 0 Å². The summed E-state index contributed by atoms with van der Waals surface area (Å²) in [6.45, 7) is 0. The summed E-state index contributed by atoms with van der Waals surface area (Å²) in [6, 6.07) is 3.68. The minimum absolute atomic E-state index is 0.207. The molecule has 0 aliphatic rings. The van der Waals surface area contributed by atoms with E-state index in [1.807, 2.05) is 12.1 Å². The fourth-order valence-corrected chi connectivity index (χ4v) is 1.14. The van der Waals surface area contributed by atoms with Crippen molar-refractivity contribution in [2.75, 3.05) is 11.5 Å². The molecule has 0 unspecified atom stereocenters. The predicted octanol–water partition coefficient (Wildman–Crippen LogP) is 0.703. The average Bonchev–Trinajstić information content (AvgIpc) is 2.23. The van der Waals surface area contributed by atoms with Crippen LogP contribution in [0.5, 0.6) is 0 Å². The van der Waals surface area contributed by atoms with E-state index < -0.39 is 0 Å². The molecule has 0 saturated heterocycles. The molecule has 4 N–H and O–H groups in total. The molecule has 5 heteroatoms. The topological polar surface area (TPSA) is 90.7 Å². The number of nitrogen functional groups attached to an aromatic ring is 2. The predicted molar refractivity (Wildman–Crippen MR) is 54.1 cm³/mol. The molecule has 70 valence electrons. The van der Waals surface area contributed by atoms with Crippen LogP contribution in [-0.4, -0.2) is 15.0 Å². The Hall–Kier alpha value is -2.17. The number of nitrogens with zero attached hydrogens (tertiary/aromatic N) is 3. The zero-order valence-electron chi connectivity index (χ0n) is 7.38. The van der Waals surface area contributed by atoms with Crippen molar-refractivity contribution in [2.45, 2.75) is 0 Å². The molecule has 0 radical (unpaired) electrons. The average molecular weight is 187 g/mol. The second-order valence-corrected chi connectivity index (χ2v) is 2.77. The van der Waals surface area contributed by atoms with Crippen molar-refractivity contribution < 1.29 is 0 Å². The van der Waals surface area contributed by atoms with Crippen LogP contribution < -0.4 is 11.5 Å². The third-order valence-corrected chi connectivity index (χ3v) is 1.77. The van der Waals surface area contributed by atoms with Crippen molar-refractivity contribution in [1.29, 1.82) is 0 Å². The Morgan fingerprint density at radius 1 is 1.14 bits per heavy atom. The second-order valence-electron chi connectivity index (χ2n) is 2.77. The fraction of sp³-hybridized carbons (Fsp3) is 0. The highest BCUT2D eigenvalue weighted by molar-refractivity contribution is 5.71. The van der Waals surface area contributed by atoms with Crippen molar-refractivity contribution in [3.63, 3.8) is 0 Å². The maximum Gasteiger partial charge on any atom is 0.220 e. The van der Waals surface area contributed by atoms with Gasteiger partial charge in [-0.1, -0.05) is 0 Å². The van der Waals surface area contributed by atoms with Crippen LogP contribution in [0.2, 0.25) is 0 Å². The number of aromatic nitrogens is 3. The first-order valence-electron chi connectivity index (χ1n) is 4.06. The van der Waals surface area contributed by atoms with Crippen LogP contribution in [0.1, 0.15) is 0 Å². The summed E-state index contributed by atoms with van der Waals surface area (Å²) in [6.07, 6.45) is 4.85. The van der Waals surface area contributed by atoms with Crippen LogP contribution in [0, 0.1) is 0 Å². The van der Waals surface area contributed by atoms with Gasteiger partial charge in [0.05, 0.1) is 11.9 Å². The molecule has 2 heterocycles. The minimum Gasteiger partial charge on any atom is -0.396 e. The summed E-state index contributed by atoms with van der Waals surface area (Å²) in [5.41, 5.74) is 13.1. The lowest BCUT2D eigenvalue weighted by molar-refractivity contribution is 1.19. The second kappa shape index (κ2) is 3.29. The van der Waals surface area contributed by atoms with E-state index in [0.29, 0.717) is 11.4 Å². The molecule has 2 aromatic rings. The van der Waals surface area contributed by atoms with E-state index in [9.17, 15) is 0 Å². The van der Waals surface area contributed by atoms with E-state index in [1.54, 1.807) is 12.4 Å². The van der Waals surface area contributed by atoms with Crippen molar-refractivity contribution in [1.82, 2.24) is 15.0 Å². The zero-order chi connectivity index (χ0) is 9.97. The summed E-state index contributed by atoms with van der Waals surface area (Å²) >= 11 is 0. The number of hydrogen-bond donors (Lipinski definition) is 2. The van der Waals surface area contributed by atoms with E-state index in [4.69, 9.17) is 11.5 Å².